The first-order valence-corrected chi connectivity index (χ1v) is 8.05. The van der Waals surface area contributed by atoms with E-state index in [2.05, 4.69) is 40.7 Å². The van der Waals surface area contributed by atoms with Gasteiger partial charge in [-0.3, -0.25) is 9.78 Å². The van der Waals surface area contributed by atoms with Gasteiger partial charge >= 0.3 is 0 Å². The topological polar surface area (TPSA) is 74.8 Å². The summed E-state index contributed by atoms with van der Waals surface area (Å²) < 4.78 is 0. The van der Waals surface area contributed by atoms with Crippen LogP contribution in [0.2, 0.25) is 0 Å². The van der Waals surface area contributed by atoms with E-state index in [0.29, 0.717) is 17.9 Å². The number of likely N-dealkylation sites (tertiary alicyclic amines) is 1. The fourth-order valence-corrected chi connectivity index (χ4v) is 2.97. The monoisotopic (exact) mass is 313 g/mol. The summed E-state index contributed by atoms with van der Waals surface area (Å²) in [5.41, 5.74) is 1.57. The quantitative estimate of drug-likeness (QED) is 0.945. The van der Waals surface area contributed by atoms with Gasteiger partial charge in [0.25, 0.3) is 0 Å². The van der Waals surface area contributed by atoms with E-state index in [-0.39, 0.29) is 17.4 Å². The molecule has 23 heavy (non-hydrogen) atoms. The van der Waals surface area contributed by atoms with Crippen LogP contribution in [-0.4, -0.2) is 37.3 Å². The van der Waals surface area contributed by atoms with Crippen LogP contribution in [0.3, 0.4) is 0 Å². The molecule has 2 aromatic rings. The number of amides is 1. The van der Waals surface area contributed by atoms with Gasteiger partial charge in [-0.2, -0.15) is 0 Å². The lowest BCUT2D eigenvalue weighted by Gasteiger charge is -2.27. The average Bonchev–Trinajstić information content (AvgIpc) is 3.17. The Morgan fingerprint density at radius 3 is 2.74 bits per heavy atom. The summed E-state index contributed by atoms with van der Waals surface area (Å²) in [5, 5.41) is 0. The zero-order valence-corrected chi connectivity index (χ0v) is 13.9. The van der Waals surface area contributed by atoms with Crippen LogP contribution in [0, 0.1) is 5.41 Å². The first-order valence-electron chi connectivity index (χ1n) is 8.05. The highest BCUT2D eigenvalue weighted by molar-refractivity contribution is 5.77. The third-order valence-electron chi connectivity index (χ3n) is 4.01. The Kier molecular flexibility index (Phi) is 4.15. The number of hydrogen-bond donors (Lipinski definition) is 1. The van der Waals surface area contributed by atoms with Crippen LogP contribution in [0.5, 0.6) is 0 Å². The van der Waals surface area contributed by atoms with E-state index in [9.17, 15) is 4.79 Å². The zero-order chi connectivity index (χ0) is 16.4. The van der Waals surface area contributed by atoms with Crippen molar-refractivity contribution < 1.29 is 4.79 Å². The van der Waals surface area contributed by atoms with Gasteiger partial charge in [-0.15, -0.1) is 0 Å². The van der Waals surface area contributed by atoms with E-state index >= 15 is 0 Å². The molecule has 0 radical (unpaired) electrons. The molecule has 0 bridgehead atoms. The largest absolute Gasteiger partial charge is 0.343 e. The van der Waals surface area contributed by atoms with Crippen molar-refractivity contribution in [3.63, 3.8) is 0 Å². The van der Waals surface area contributed by atoms with Crippen molar-refractivity contribution in [2.75, 3.05) is 6.54 Å². The maximum Gasteiger partial charge on any atom is 0.223 e. The summed E-state index contributed by atoms with van der Waals surface area (Å²) in [7, 11) is 0. The lowest BCUT2D eigenvalue weighted by Crippen LogP contribution is -2.33. The molecule has 1 fully saturated rings. The van der Waals surface area contributed by atoms with Gasteiger partial charge in [0, 0.05) is 25.4 Å². The number of H-pyrrole nitrogens is 1. The van der Waals surface area contributed by atoms with E-state index in [1.54, 1.807) is 24.8 Å². The van der Waals surface area contributed by atoms with Crippen molar-refractivity contribution in [3.05, 3.63) is 30.5 Å². The molecule has 1 aliphatic heterocycles. The summed E-state index contributed by atoms with van der Waals surface area (Å²) in [6.07, 6.45) is 9.46. The third-order valence-corrected chi connectivity index (χ3v) is 4.01. The van der Waals surface area contributed by atoms with Crippen LogP contribution >= 0.6 is 0 Å². The van der Waals surface area contributed by atoms with Crippen molar-refractivity contribution in [2.45, 2.75) is 46.1 Å². The van der Waals surface area contributed by atoms with Gasteiger partial charge < -0.3 is 9.88 Å². The second kappa shape index (κ2) is 6.10. The second-order valence-electron chi connectivity index (χ2n) is 7.25. The molecular formula is C17H23N5O. The Labute approximate surface area is 136 Å². The second-order valence-corrected chi connectivity index (χ2v) is 7.25. The summed E-state index contributed by atoms with van der Waals surface area (Å²) in [6.45, 7) is 7.08. The Morgan fingerprint density at radius 1 is 1.30 bits per heavy atom. The van der Waals surface area contributed by atoms with Crippen LogP contribution in [-0.2, 0) is 4.79 Å². The molecule has 0 unspecified atom stereocenters. The maximum absolute atomic E-state index is 12.6. The highest BCUT2D eigenvalue weighted by Gasteiger charge is 2.32. The number of aromatic nitrogens is 4. The summed E-state index contributed by atoms with van der Waals surface area (Å²) in [4.78, 5) is 30.7. The molecule has 3 heterocycles. The number of rotatable bonds is 3. The van der Waals surface area contributed by atoms with Gasteiger partial charge in [0.15, 0.2) is 5.82 Å². The molecule has 1 saturated heterocycles. The molecule has 1 N–H and O–H groups in total. The van der Waals surface area contributed by atoms with Crippen LogP contribution in [0.1, 0.15) is 51.8 Å². The Hall–Kier alpha value is -2.24. The molecule has 122 valence electrons. The fourth-order valence-electron chi connectivity index (χ4n) is 2.97. The molecule has 6 heteroatoms. The highest BCUT2D eigenvalue weighted by Crippen LogP contribution is 2.33. The predicted molar refractivity (Wildman–Crippen MR) is 87.4 cm³/mol. The van der Waals surface area contributed by atoms with Crippen molar-refractivity contribution in [3.8, 4) is 11.5 Å². The number of nitrogens with one attached hydrogen (secondary N) is 1. The van der Waals surface area contributed by atoms with Crippen LogP contribution in [0.15, 0.2) is 24.8 Å². The molecule has 0 saturated carbocycles. The molecule has 0 aromatic carbocycles. The normalized spacial score (nSPS) is 18.4. The smallest absolute Gasteiger partial charge is 0.223 e. The number of carbonyl (C=O) groups is 1. The summed E-state index contributed by atoms with van der Waals surface area (Å²) in [5.74, 6) is 0.910. The van der Waals surface area contributed by atoms with Crippen molar-refractivity contribution in [1.82, 2.24) is 24.8 Å². The Balaban J connectivity index is 1.76. The minimum absolute atomic E-state index is 0.000946. The van der Waals surface area contributed by atoms with E-state index < -0.39 is 0 Å². The van der Waals surface area contributed by atoms with Gasteiger partial charge in [-0.05, 0) is 18.3 Å². The van der Waals surface area contributed by atoms with Gasteiger partial charge in [0.1, 0.15) is 5.69 Å². The van der Waals surface area contributed by atoms with E-state index in [0.717, 1.165) is 25.1 Å². The standard InChI is InChI=1S/C17H23N5O/c1-17(2,3)9-15(23)22-8-4-5-14(22)12-10-21-13(11-20-12)16-18-6-7-19-16/h6-7,10-11,14H,4-5,8-9H2,1-3H3,(H,18,19)/t14-/m1/s1. The lowest BCUT2D eigenvalue weighted by molar-refractivity contribution is -0.134. The minimum Gasteiger partial charge on any atom is -0.343 e. The molecule has 3 rings (SSSR count). The van der Waals surface area contributed by atoms with E-state index in [1.165, 1.54) is 0 Å². The first-order chi connectivity index (χ1) is 10.9. The maximum atomic E-state index is 12.6. The lowest BCUT2D eigenvalue weighted by atomic mass is 9.91. The third kappa shape index (κ3) is 3.57. The summed E-state index contributed by atoms with van der Waals surface area (Å²) in [6, 6.07) is 0.0444. The molecule has 1 aliphatic rings. The van der Waals surface area contributed by atoms with Crippen LogP contribution < -0.4 is 0 Å². The number of nitrogens with zero attached hydrogens (tertiary/aromatic N) is 4. The van der Waals surface area contributed by atoms with Gasteiger partial charge in [-0.1, -0.05) is 20.8 Å². The van der Waals surface area contributed by atoms with Crippen LogP contribution in [0.4, 0.5) is 0 Å². The zero-order valence-electron chi connectivity index (χ0n) is 13.9. The molecule has 0 aliphatic carbocycles. The Morgan fingerprint density at radius 2 is 2.13 bits per heavy atom. The van der Waals surface area contributed by atoms with Crippen molar-refractivity contribution >= 4 is 5.91 Å². The Bertz CT molecular complexity index is 657. The number of aromatic amines is 1. The fraction of sp³-hybridized carbons (Fsp3) is 0.529. The molecule has 6 nitrogen and oxygen atoms in total. The van der Waals surface area contributed by atoms with Crippen molar-refractivity contribution in [1.29, 1.82) is 0 Å². The van der Waals surface area contributed by atoms with E-state index in [4.69, 9.17) is 0 Å². The number of imidazole rings is 1. The predicted octanol–water partition coefficient (Wildman–Crippen LogP) is 2.97. The average molecular weight is 313 g/mol. The molecular weight excluding hydrogens is 290 g/mol. The number of hydrogen-bond acceptors (Lipinski definition) is 4. The van der Waals surface area contributed by atoms with Gasteiger partial charge in [-0.25, -0.2) is 9.97 Å². The molecule has 0 spiro atoms. The van der Waals surface area contributed by atoms with E-state index in [1.807, 2.05) is 4.90 Å². The summed E-state index contributed by atoms with van der Waals surface area (Å²) >= 11 is 0. The van der Waals surface area contributed by atoms with Gasteiger partial charge in [0.2, 0.25) is 5.91 Å². The minimum atomic E-state index is -0.000946. The highest BCUT2D eigenvalue weighted by atomic mass is 16.2. The SMILES string of the molecule is CC(C)(C)CC(=O)N1CCC[C@@H]1c1cnc(-c2ncc[nH]2)cn1. The van der Waals surface area contributed by atoms with Crippen molar-refractivity contribution in [2.24, 2.45) is 5.41 Å². The first kappa shape index (κ1) is 15.6. The van der Waals surface area contributed by atoms with Crippen LogP contribution in [0.25, 0.3) is 11.5 Å². The molecule has 2 aromatic heterocycles. The molecule has 1 atom stereocenters. The van der Waals surface area contributed by atoms with Gasteiger partial charge in [0.05, 0.1) is 24.1 Å². The molecule has 1 amide bonds. The number of carbonyl (C=O) groups excluding carboxylic acids is 1.